The van der Waals surface area contributed by atoms with Gasteiger partial charge in [-0.1, -0.05) is 0 Å². The maximum atomic E-state index is 11.1. The highest BCUT2D eigenvalue weighted by Crippen LogP contribution is 2.29. The van der Waals surface area contributed by atoms with Gasteiger partial charge >= 0.3 is 0 Å². The van der Waals surface area contributed by atoms with Crippen molar-refractivity contribution in [1.82, 2.24) is 4.90 Å². The second-order valence-corrected chi connectivity index (χ2v) is 4.14. The van der Waals surface area contributed by atoms with Gasteiger partial charge in [-0.3, -0.25) is 4.79 Å². The van der Waals surface area contributed by atoms with Crippen LogP contribution in [0, 0.1) is 11.8 Å². The predicted molar refractivity (Wildman–Crippen MR) is 49.3 cm³/mol. The van der Waals surface area contributed by atoms with Crippen LogP contribution in [0.25, 0.3) is 0 Å². The van der Waals surface area contributed by atoms with Crippen molar-refractivity contribution >= 4 is 5.91 Å². The SMILES string of the molecule is CC(=O)N1CCC(C2CCOC2)C1. The van der Waals surface area contributed by atoms with E-state index in [0.717, 1.165) is 26.3 Å². The Morgan fingerprint density at radius 2 is 2.23 bits per heavy atom. The molecule has 74 valence electrons. The first-order chi connectivity index (χ1) is 6.27. The molecule has 2 saturated heterocycles. The predicted octanol–water partition coefficient (Wildman–Crippen LogP) is 0.891. The monoisotopic (exact) mass is 183 g/mol. The van der Waals surface area contributed by atoms with E-state index in [4.69, 9.17) is 4.74 Å². The van der Waals surface area contributed by atoms with E-state index in [2.05, 4.69) is 0 Å². The molecule has 2 aliphatic rings. The van der Waals surface area contributed by atoms with Crippen LogP contribution < -0.4 is 0 Å². The lowest BCUT2D eigenvalue weighted by Crippen LogP contribution is -2.27. The smallest absolute Gasteiger partial charge is 0.219 e. The van der Waals surface area contributed by atoms with Gasteiger partial charge in [0.2, 0.25) is 5.91 Å². The molecule has 2 heterocycles. The van der Waals surface area contributed by atoms with E-state index in [1.165, 1.54) is 12.8 Å². The number of ether oxygens (including phenoxy) is 1. The van der Waals surface area contributed by atoms with Gasteiger partial charge in [-0.25, -0.2) is 0 Å². The third-order valence-corrected chi connectivity index (χ3v) is 3.30. The summed E-state index contributed by atoms with van der Waals surface area (Å²) in [5.41, 5.74) is 0. The van der Waals surface area contributed by atoms with Gasteiger partial charge in [-0.05, 0) is 24.7 Å². The lowest BCUT2D eigenvalue weighted by Gasteiger charge is -2.17. The number of carbonyl (C=O) groups is 1. The molecule has 2 fully saturated rings. The topological polar surface area (TPSA) is 29.5 Å². The molecule has 0 radical (unpaired) electrons. The Hall–Kier alpha value is -0.570. The second kappa shape index (κ2) is 3.66. The molecular weight excluding hydrogens is 166 g/mol. The molecule has 1 amide bonds. The van der Waals surface area contributed by atoms with Gasteiger partial charge in [0.25, 0.3) is 0 Å². The first-order valence-electron chi connectivity index (χ1n) is 5.10. The molecule has 3 heteroatoms. The van der Waals surface area contributed by atoms with Crippen molar-refractivity contribution in [3.63, 3.8) is 0 Å². The highest BCUT2D eigenvalue weighted by atomic mass is 16.5. The second-order valence-electron chi connectivity index (χ2n) is 4.14. The molecule has 0 spiro atoms. The number of hydrogen-bond donors (Lipinski definition) is 0. The molecular formula is C10H17NO2. The summed E-state index contributed by atoms with van der Waals surface area (Å²) in [6, 6.07) is 0. The number of rotatable bonds is 1. The molecule has 2 atom stereocenters. The van der Waals surface area contributed by atoms with Crippen molar-refractivity contribution in [2.75, 3.05) is 26.3 Å². The lowest BCUT2D eigenvalue weighted by molar-refractivity contribution is -0.127. The van der Waals surface area contributed by atoms with Crippen LogP contribution in [0.15, 0.2) is 0 Å². The van der Waals surface area contributed by atoms with Crippen LogP contribution in [0.3, 0.4) is 0 Å². The van der Waals surface area contributed by atoms with Gasteiger partial charge in [0, 0.05) is 33.2 Å². The minimum absolute atomic E-state index is 0.224. The summed E-state index contributed by atoms with van der Waals surface area (Å²) in [5.74, 6) is 1.64. The molecule has 0 saturated carbocycles. The van der Waals surface area contributed by atoms with Crippen LogP contribution in [0.1, 0.15) is 19.8 Å². The molecule has 3 nitrogen and oxygen atoms in total. The van der Waals surface area contributed by atoms with Crippen molar-refractivity contribution < 1.29 is 9.53 Å². The molecule has 0 aromatic carbocycles. The van der Waals surface area contributed by atoms with Crippen molar-refractivity contribution in [2.45, 2.75) is 19.8 Å². The third-order valence-electron chi connectivity index (χ3n) is 3.30. The van der Waals surface area contributed by atoms with Crippen molar-refractivity contribution in [3.8, 4) is 0 Å². The van der Waals surface area contributed by atoms with Crippen molar-refractivity contribution in [3.05, 3.63) is 0 Å². The largest absolute Gasteiger partial charge is 0.381 e. The quantitative estimate of drug-likeness (QED) is 0.604. The summed E-state index contributed by atoms with van der Waals surface area (Å²) in [6.45, 7) is 5.41. The van der Waals surface area contributed by atoms with Crippen LogP contribution in [-0.2, 0) is 9.53 Å². The highest BCUT2D eigenvalue weighted by molar-refractivity contribution is 5.73. The third kappa shape index (κ3) is 1.85. The first-order valence-corrected chi connectivity index (χ1v) is 5.10. The lowest BCUT2D eigenvalue weighted by atomic mass is 9.91. The molecule has 0 aliphatic carbocycles. The van der Waals surface area contributed by atoms with Gasteiger partial charge < -0.3 is 9.64 Å². The normalized spacial score (nSPS) is 34.1. The average Bonchev–Trinajstić information content (AvgIpc) is 2.75. The summed E-state index contributed by atoms with van der Waals surface area (Å²) in [4.78, 5) is 13.1. The molecule has 0 aromatic rings. The number of nitrogens with zero attached hydrogens (tertiary/aromatic N) is 1. The van der Waals surface area contributed by atoms with Crippen LogP contribution in [0.4, 0.5) is 0 Å². The maximum absolute atomic E-state index is 11.1. The molecule has 2 unspecified atom stereocenters. The number of amides is 1. The summed E-state index contributed by atoms with van der Waals surface area (Å²) < 4.78 is 5.36. The van der Waals surface area contributed by atoms with Crippen LogP contribution in [-0.4, -0.2) is 37.1 Å². The van der Waals surface area contributed by atoms with Crippen molar-refractivity contribution in [1.29, 1.82) is 0 Å². The van der Waals surface area contributed by atoms with E-state index in [9.17, 15) is 4.79 Å². The minimum atomic E-state index is 0.224. The fourth-order valence-corrected chi connectivity index (χ4v) is 2.38. The van der Waals surface area contributed by atoms with Gasteiger partial charge in [0.15, 0.2) is 0 Å². The molecule has 0 aromatic heterocycles. The van der Waals surface area contributed by atoms with Crippen LogP contribution in [0.5, 0.6) is 0 Å². The molecule has 0 N–H and O–H groups in total. The highest BCUT2D eigenvalue weighted by Gasteiger charge is 2.32. The van der Waals surface area contributed by atoms with Crippen LogP contribution in [0.2, 0.25) is 0 Å². The summed E-state index contributed by atoms with van der Waals surface area (Å²) >= 11 is 0. The fraction of sp³-hybridized carbons (Fsp3) is 0.900. The Kier molecular flexibility index (Phi) is 2.54. The number of hydrogen-bond acceptors (Lipinski definition) is 2. The van der Waals surface area contributed by atoms with E-state index in [1.54, 1.807) is 6.92 Å². The summed E-state index contributed by atoms with van der Waals surface area (Å²) in [5, 5.41) is 0. The first kappa shape index (κ1) is 9.00. The molecule has 13 heavy (non-hydrogen) atoms. The molecule has 0 bridgehead atoms. The molecule has 2 rings (SSSR count). The number of carbonyl (C=O) groups excluding carboxylic acids is 1. The fourth-order valence-electron chi connectivity index (χ4n) is 2.38. The van der Waals surface area contributed by atoms with E-state index >= 15 is 0 Å². The van der Waals surface area contributed by atoms with Gasteiger partial charge in [-0.15, -0.1) is 0 Å². The Labute approximate surface area is 79.0 Å². The zero-order valence-electron chi connectivity index (χ0n) is 8.16. The zero-order chi connectivity index (χ0) is 9.26. The molecule has 2 aliphatic heterocycles. The van der Waals surface area contributed by atoms with Gasteiger partial charge in [-0.2, -0.15) is 0 Å². The van der Waals surface area contributed by atoms with Crippen LogP contribution >= 0.6 is 0 Å². The summed E-state index contributed by atoms with van der Waals surface area (Å²) in [6.07, 6.45) is 2.37. The Balaban J connectivity index is 1.86. The standard InChI is InChI=1S/C10H17NO2/c1-8(12)11-4-2-9(6-11)10-3-5-13-7-10/h9-10H,2-7H2,1H3. The van der Waals surface area contributed by atoms with E-state index in [0.29, 0.717) is 11.8 Å². The van der Waals surface area contributed by atoms with Gasteiger partial charge in [0.1, 0.15) is 0 Å². The zero-order valence-corrected chi connectivity index (χ0v) is 8.16. The van der Waals surface area contributed by atoms with Gasteiger partial charge in [0.05, 0.1) is 0 Å². The average molecular weight is 183 g/mol. The number of likely N-dealkylation sites (tertiary alicyclic amines) is 1. The maximum Gasteiger partial charge on any atom is 0.219 e. The minimum Gasteiger partial charge on any atom is -0.381 e. The summed E-state index contributed by atoms with van der Waals surface area (Å²) in [7, 11) is 0. The van der Waals surface area contributed by atoms with E-state index < -0.39 is 0 Å². The Morgan fingerprint density at radius 1 is 1.38 bits per heavy atom. The Bertz CT molecular complexity index is 199. The van der Waals surface area contributed by atoms with Crippen molar-refractivity contribution in [2.24, 2.45) is 11.8 Å². The van der Waals surface area contributed by atoms with E-state index in [-0.39, 0.29) is 5.91 Å². The van der Waals surface area contributed by atoms with E-state index in [1.807, 2.05) is 4.90 Å². The Morgan fingerprint density at radius 3 is 2.77 bits per heavy atom.